The Kier molecular flexibility index (Phi) is 6.81. The first kappa shape index (κ1) is 20.4. The molecule has 0 bridgehead atoms. The molecule has 0 spiro atoms. The molecule has 2 rings (SSSR count). The highest BCUT2D eigenvalue weighted by Crippen LogP contribution is 2.38. The van der Waals surface area contributed by atoms with Crippen LogP contribution in [-0.2, 0) is 10.0 Å². The van der Waals surface area contributed by atoms with Crippen LogP contribution in [0.5, 0.6) is 11.5 Å². The Balaban J connectivity index is 2.42. The summed E-state index contributed by atoms with van der Waals surface area (Å²) in [6, 6.07) is 9.57. The third-order valence-electron chi connectivity index (χ3n) is 3.58. The van der Waals surface area contributed by atoms with Gasteiger partial charge in [0.15, 0.2) is 0 Å². The lowest BCUT2D eigenvalue weighted by Gasteiger charge is -2.24. The van der Waals surface area contributed by atoms with Gasteiger partial charge in [-0.1, -0.05) is 35.9 Å². The molecule has 0 aliphatic heterocycles. The van der Waals surface area contributed by atoms with Crippen molar-refractivity contribution in [2.24, 2.45) is 0 Å². The van der Waals surface area contributed by atoms with E-state index in [1.54, 1.807) is 37.3 Å². The number of ether oxygens (including phenoxy) is 2. The minimum absolute atomic E-state index is 0.0551. The van der Waals surface area contributed by atoms with Crippen molar-refractivity contribution in [3.05, 3.63) is 59.1 Å². The molecule has 0 unspecified atom stereocenters. The Labute approximate surface area is 163 Å². The monoisotopic (exact) mass is 415 g/mol. The molecule has 0 atom stereocenters. The Morgan fingerprint density at radius 3 is 2.31 bits per heavy atom. The van der Waals surface area contributed by atoms with Gasteiger partial charge in [0.25, 0.3) is 10.0 Å². The van der Waals surface area contributed by atoms with E-state index in [1.807, 2.05) is 0 Å². The second-order valence-corrected chi connectivity index (χ2v) is 7.74. The van der Waals surface area contributed by atoms with Crippen molar-refractivity contribution < 1.29 is 17.9 Å². The minimum Gasteiger partial charge on any atom is -0.495 e. The van der Waals surface area contributed by atoms with Gasteiger partial charge >= 0.3 is 0 Å². The summed E-state index contributed by atoms with van der Waals surface area (Å²) in [4.78, 5) is -0.0844. The van der Waals surface area contributed by atoms with Gasteiger partial charge in [-0.3, -0.25) is 4.31 Å². The largest absolute Gasteiger partial charge is 0.495 e. The van der Waals surface area contributed by atoms with Crippen LogP contribution in [0.4, 0.5) is 5.69 Å². The molecule has 0 heterocycles. The van der Waals surface area contributed by atoms with Crippen LogP contribution in [0.1, 0.15) is 6.92 Å². The maximum absolute atomic E-state index is 13.1. The number of hydrogen-bond acceptors (Lipinski definition) is 4. The molecular weight excluding hydrogens is 397 g/mol. The highest BCUT2D eigenvalue weighted by molar-refractivity contribution is 7.93. The number of anilines is 1. The number of hydrogen-bond donors (Lipinski definition) is 0. The highest BCUT2D eigenvalue weighted by atomic mass is 35.5. The van der Waals surface area contributed by atoms with E-state index in [9.17, 15) is 8.42 Å². The topological polar surface area (TPSA) is 55.8 Å². The Hall–Kier alpha value is -1.89. The normalized spacial score (nSPS) is 11.1. The molecule has 26 heavy (non-hydrogen) atoms. The van der Waals surface area contributed by atoms with Gasteiger partial charge in [0, 0.05) is 6.54 Å². The molecule has 0 saturated heterocycles. The molecule has 0 aliphatic rings. The van der Waals surface area contributed by atoms with E-state index in [-0.39, 0.29) is 21.5 Å². The number of halogens is 2. The van der Waals surface area contributed by atoms with Crippen LogP contribution < -0.4 is 13.8 Å². The molecule has 8 heteroatoms. The molecule has 140 valence electrons. The third kappa shape index (κ3) is 4.09. The lowest BCUT2D eigenvalue weighted by atomic mass is 10.3. The summed E-state index contributed by atoms with van der Waals surface area (Å²) in [5.74, 6) is 0.926. The van der Waals surface area contributed by atoms with Crippen molar-refractivity contribution >= 4 is 38.9 Å². The number of sulfonamides is 1. The van der Waals surface area contributed by atoms with Gasteiger partial charge in [0.05, 0.1) is 17.8 Å². The van der Waals surface area contributed by atoms with E-state index >= 15 is 0 Å². The zero-order chi connectivity index (χ0) is 19.3. The Morgan fingerprint density at radius 1 is 1.12 bits per heavy atom. The zero-order valence-electron chi connectivity index (χ0n) is 14.4. The van der Waals surface area contributed by atoms with Crippen molar-refractivity contribution in [1.82, 2.24) is 0 Å². The maximum atomic E-state index is 13.1. The minimum atomic E-state index is -3.91. The van der Waals surface area contributed by atoms with E-state index in [1.165, 1.54) is 23.5 Å². The van der Waals surface area contributed by atoms with Gasteiger partial charge in [-0.15, -0.1) is 0 Å². The average Bonchev–Trinajstić information content (AvgIpc) is 2.63. The van der Waals surface area contributed by atoms with Gasteiger partial charge in [0.1, 0.15) is 28.0 Å². The van der Waals surface area contributed by atoms with Crippen LogP contribution >= 0.6 is 23.2 Å². The average molecular weight is 416 g/mol. The van der Waals surface area contributed by atoms with Crippen LogP contribution in [0.25, 0.3) is 0 Å². The van der Waals surface area contributed by atoms with Crippen LogP contribution in [0.3, 0.4) is 0 Å². The fourth-order valence-electron chi connectivity index (χ4n) is 2.34. The second kappa shape index (κ2) is 8.66. The fraction of sp³-hybridized carbons (Fsp3) is 0.222. The SMILES string of the molecule is C=CCOc1ccc(N(CC)S(=O)(=O)c2ccc(OC)c(Cl)c2Cl)cc1. The van der Waals surface area contributed by atoms with Gasteiger partial charge in [-0.2, -0.15) is 0 Å². The molecule has 2 aromatic rings. The molecule has 2 aromatic carbocycles. The smallest absolute Gasteiger partial charge is 0.265 e. The Morgan fingerprint density at radius 2 is 1.77 bits per heavy atom. The van der Waals surface area contributed by atoms with Crippen molar-refractivity contribution in [2.45, 2.75) is 11.8 Å². The summed E-state index contributed by atoms with van der Waals surface area (Å²) in [7, 11) is -2.48. The summed E-state index contributed by atoms with van der Waals surface area (Å²) >= 11 is 12.3. The molecule has 0 aromatic heterocycles. The predicted octanol–water partition coefficient (Wildman–Crippen LogP) is 4.78. The van der Waals surface area contributed by atoms with Crippen LogP contribution in [0, 0.1) is 0 Å². The standard InChI is InChI=1S/C18H19Cl2NO4S/c1-4-12-25-14-8-6-13(7-9-14)21(5-2)26(22,23)16-11-10-15(24-3)17(19)18(16)20/h4,6-11H,1,5,12H2,2-3H3. The molecule has 0 radical (unpaired) electrons. The first-order chi connectivity index (χ1) is 12.4. The number of nitrogens with zero attached hydrogens (tertiary/aromatic N) is 1. The van der Waals surface area contributed by atoms with E-state index in [0.717, 1.165) is 0 Å². The number of rotatable bonds is 8. The van der Waals surface area contributed by atoms with Gasteiger partial charge in [0.2, 0.25) is 0 Å². The molecule has 0 N–H and O–H groups in total. The van der Waals surface area contributed by atoms with Crippen molar-refractivity contribution in [3.8, 4) is 11.5 Å². The third-order valence-corrected chi connectivity index (χ3v) is 6.50. The van der Waals surface area contributed by atoms with Crippen LogP contribution in [-0.4, -0.2) is 28.7 Å². The summed E-state index contributed by atoms with van der Waals surface area (Å²) in [5.41, 5.74) is 0.487. The first-order valence-corrected chi connectivity index (χ1v) is 9.94. The maximum Gasteiger partial charge on any atom is 0.265 e. The van der Waals surface area contributed by atoms with Gasteiger partial charge < -0.3 is 9.47 Å². The molecule has 0 saturated carbocycles. The van der Waals surface area contributed by atoms with Crippen LogP contribution in [0.15, 0.2) is 53.9 Å². The van der Waals surface area contributed by atoms with Crippen molar-refractivity contribution in [3.63, 3.8) is 0 Å². The molecule has 0 amide bonds. The summed E-state index contributed by atoms with van der Waals surface area (Å²) < 4.78 is 37.9. The number of benzene rings is 2. The summed E-state index contributed by atoms with van der Waals surface area (Å²) in [6.07, 6.45) is 1.63. The molecular formula is C18H19Cl2NO4S. The lowest BCUT2D eigenvalue weighted by molar-refractivity contribution is 0.363. The van der Waals surface area contributed by atoms with Crippen molar-refractivity contribution in [1.29, 1.82) is 0 Å². The van der Waals surface area contributed by atoms with E-state index in [2.05, 4.69) is 6.58 Å². The van der Waals surface area contributed by atoms with Gasteiger partial charge in [-0.25, -0.2) is 8.42 Å². The van der Waals surface area contributed by atoms with Crippen molar-refractivity contribution in [2.75, 3.05) is 24.6 Å². The zero-order valence-corrected chi connectivity index (χ0v) is 16.7. The van der Waals surface area contributed by atoms with Crippen LogP contribution in [0.2, 0.25) is 10.0 Å². The lowest BCUT2D eigenvalue weighted by Crippen LogP contribution is -2.31. The second-order valence-electron chi connectivity index (χ2n) is 5.16. The molecule has 0 fully saturated rings. The first-order valence-electron chi connectivity index (χ1n) is 7.75. The Bertz CT molecular complexity index is 883. The summed E-state index contributed by atoms with van der Waals surface area (Å²) in [6.45, 7) is 5.91. The predicted molar refractivity (Wildman–Crippen MR) is 105 cm³/mol. The highest BCUT2D eigenvalue weighted by Gasteiger charge is 2.28. The number of methoxy groups -OCH3 is 1. The van der Waals surface area contributed by atoms with E-state index < -0.39 is 10.0 Å². The molecule has 5 nitrogen and oxygen atoms in total. The quantitative estimate of drug-likeness (QED) is 0.581. The van der Waals surface area contributed by atoms with E-state index in [0.29, 0.717) is 23.8 Å². The summed E-state index contributed by atoms with van der Waals surface area (Å²) in [5, 5.41) is -0.0186. The van der Waals surface area contributed by atoms with Gasteiger partial charge in [-0.05, 0) is 43.3 Å². The van der Waals surface area contributed by atoms with E-state index in [4.69, 9.17) is 32.7 Å². The molecule has 0 aliphatic carbocycles. The fourth-order valence-corrected chi connectivity index (χ4v) is 4.64.